The van der Waals surface area contributed by atoms with Gasteiger partial charge in [-0.3, -0.25) is 4.90 Å². The zero-order valence-electron chi connectivity index (χ0n) is 23.6. The van der Waals surface area contributed by atoms with Gasteiger partial charge in [-0.2, -0.15) is 15.2 Å². The Morgan fingerprint density at radius 1 is 1.07 bits per heavy atom. The number of rotatable bonds is 5. The number of nitriles is 1. The summed E-state index contributed by atoms with van der Waals surface area (Å²) in [5, 5.41) is 14.9. The number of nitrogens with one attached hydrogen (secondary N) is 1. The van der Waals surface area contributed by atoms with Crippen molar-refractivity contribution in [1.82, 2.24) is 20.2 Å². The highest BCUT2D eigenvalue weighted by Crippen LogP contribution is 2.42. The number of fused-ring (bicyclic) bond motifs is 5. The van der Waals surface area contributed by atoms with E-state index in [4.69, 9.17) is 9.72 Å². The van der Waals surface area contributed by atoms with E-state index in [9.17, 15) is 9.65 Å². The highest BCUT2D eigenvalue weighted by Gasteiger charge is 2.49. The molecule has 1 N–H and O–H groups in total. The first-order chi connectivity index (χ1) is 20.9. The van der Waals surface area contributed by atoms with E-state index in [2.05, 4.69) is 26.2 Å². The van der Waals surface area contributed by atoms with Gasteiger partial charge in [0.2, 0.25) is 0 Å². The first-order valence-corrected chi connectivity index (χ1v) is 15.1. The first kappa shape index (κ1) is 26.7. The molecular formula is C33H31F3N6O. The van der Waals surface area contributed by atoms with Gasteiger partial charge in [-0.25, -0.2) is 13.2 Å². The summed E-state index contributed by atoms with van der Waals surface area (Å²) in [5.41, 5.74) is -0.0822. The summed E-state index contributed by atoms with van der Waals surface area (Å²) in [4.78, 5) is 13.5. The van der Waals surface area contributed by atoms with Crippen molar-refractivity contribution >= 4 is 27.5 Å². The Morgan fingerprint density at radius 2 is 1.86 bits per heavy atom. The molecule has 4 fully saturated rings. The van der Waals surface area contributed by atoms with Crippen LogP contribution in [0.1, 0.15) is 37.7 Å². The second-order valence-electron chi connectivity index (χ2n) is 12.5. The molecule has 4 saturated heterocycles. The number of hydrogen-bond donors (Lipinski definition) is 1. The van der Waals surface area contributed by atoms with E-state index in [0.29, 0.717) is 48.2 Å². The largest absolute Gasteiger partial charge is 0.461 e. The quantitative estimate of drug-likeness (QED) is 0.332. The predicted octanol–water partition coefficient (Wildman–Crippen LogP) is 5.50. The molecule has 0 amide bonds. The third kappa shape index (κ3) is 4.32. The van der Waals surface area contributed by atoms with E-state index < -0.39 is 23.3 Å². The molecule has 1 aromatic heterocycles. The molecule has 4 aliphatic rings. The van der Waals surface area contributed by atoms with Crippen molar-refractivity contribution in [3.8, 4) is 23.2 Å². The summed E-state index contributed by atoms with van der Waals surface area (Å²) in [6.07, 6.45) is 3.34. The van der Waals surface area contributed by atoms with E-state index in [1.54, 1.807) is 24.3 Å². The van der Waals surface area contributed by atoms with Crippen LogP contribution in [0.5, 0.6) is 6.01 Å². The standard InChI is InChI=1S/C33H31F3N6O/c34-21-13-33(10-3-11-42(33)15-21)18-43-32-39-30-25(31(40-32)41-16-22-8-9-23(17-41)38-22)12-26(35)28(29(30)36)24-7-2-5-19-4-1-6-20(14-37)27(19)24/h1-2,4-7,12,21-23,38H,3,8-11,13,15-18H2/t21-,22?,23?,33+/m1/s1. The summed E-state index contributed by atoms with van der Waals surface area (Å²) in [6.45, 7) is 2.73. The predicted molar refractivity (Wildman–Crippen MR) is 158 cm³/mol. The van der Waals surface area contributed by atoms with Gasteiger partial charge >= 0.3 is 6.01 Å². The first-order valence-electron chi connectivity index (χ1n) is 15.1. The Balaban J connectivity index is 1.28. The van der Waals surface area contributed by atoms with Crippen molar-refractivity contribution in [1.29, 1.82) is 5.26 Å². The average Bonchev–Trinajstić information content (AvgIpc) is 3.65. The summed E-state index contributed by atoms with van der Waals surface area (Å²) in [7, 11) is 0. The lowest BCUT2D eigenvalue weighted by molar-refractivity contribution is 0.107. The van der Waals surface area contributed by atoms with E-state index in [1.807, 2.05) is 12.1 Å². The van der Waals surface area contributed by atoms with Gasteiger partial charge in [0.05, 0.1) is 22.7 Å². The molecule has 0 aliphatic carbocycles. The number of alkyl halides is 1. The molecule has 2 bridgehead atoms. The van der Waals surface area contributed by atoms with E-state index in [0.717, 1.165) is 32.2 Å². The van der Waals surface area contributed by atoms with Crippen LogP contribution in [0.2, 0.25) is 0 Å². The second-order valence-corrected chi connectivity index (χ2v) is 12.5. The molecule has 10 heteroatoms. The third-order valence-corrected chi connectivity index (χ3v) is 9.88. The Bertz CT molecular complexity index is 1790. The highest BCUT2D eigenvalue weighted by atomic mass is 19.1. The Hall–Kier alpha value is -3.94. The third-order valence-electron chi connectivity index (χ3n) is 9.88. The maximum atomic E-state index is 16.7. The van der Waals surface area contributed by atoms with Crippen LogP contribution < -0.4 is 15.0 Å². The van der Waals surface area contributed by atoms with E-state index in [-0.39, 0.29) is 46.7 Å². The van der Waals surface area contributed by atoms with Crippen LogP contribution in [0.15, 0.2) is 42.5 Å². The van der Waals surface area contributed by atoms with E-state index in [1.165, 1.54) is 6.07 Å². The Morgan fingerprint density at radius 3 is 2.65 bits per heavy atom. The van der Waals surface area contributed by atoms with Crippen LogP contribution in [0.3, 0.4) is 0 Å². The summed E-state index contributed by atoms with van der Waals surface area (Å²) < 4.78 is 53.5. The van der Waals surface area contributed by atoms with Crippen molar-refractivity contribution in [2.75, 3.05) is 37.7 Å². The number of nitrogens with zero attached hydrogens (tertiary/aromatic N) is 5. The van der Waals surface area contributed by atoms with Gasteiger partial charge in [0, 0.05) is 48.9 Å². The van der Waals surface area contributed by atoms with Gasteiger partial charge < -0.3 is 15.0 Å². The van der Waals surface area contributed by atoms with Crippen LogP contribution in [0.4, 0.5) is 19.0 Å². The van der Waals surface area contributed by atoms with Crippen molar-refractivity contribution < 1.29 is 17.9 Å². The summed E-state index contributed by atoms with van der Waals surface area (Å²) >= 11 is 0. The monoisotopic (exact) mass is 584 g/mol. The number of aromatic nitrogens is 2. The molecule has 0 radical (unpaired) electrons. The maximum absolute atomic E-state index is 16.7. The fourth-order valence-corrected chi connectivity index (χ4v) is 7.97. The minimum Gasteiger partial charge on any atom is -0.461 e. The fraction of sp³-hybridized carbons (Fsp3) is 0.424. The van der Waals surface area contributed by atoms with Crippen molar-refractivity contribution in [3.05, 3.63) is 59.7 Å². The number of hydrogen-bond acceptors (Lipinski definition) is 7. The fourth-order valence-electron chi connectivity index (χ4n) is 7.97. The maximum Gasteiger partial charge on any atom is 0.319 e. The minimum absolute atomic E-state index is 0.00371. The van der Waals surface area contributed by atoms with E-state index >= 15 is 8.78 Å². The molecule has 2 unspecified atom stereocenters. The topological polar surface area (TPSA) is 77.3 Å². The van der Waals surface area contributed by atoms with Gasteiger partial charge in [-0.1, -0.05) is 30.3 Å². The number of ether oxygens (including phenoxy) is 1. The molecule has 4 aromatic rings. The van der Waals surface area contributed by atoms with Crippen molar-refractivity contribution in [2.45, 2.75) is 55.9 Å². The van der Waals surface area contributed by atoms with Crippen LogP contribution >= 0.6 is 0 Å². The smallest absolute Gasteiger partial charge is 0.319 e. The Labute approximate surface area is 247 Å². The molecule has 0 spiro atoms. The lowest BCUT2D eigenvalue weighted by Crippen LogP contribution is -2.51. The van der Waals surface area contributed by atoms with Gasteiger partial charge in [-0.05, 0) is 55.3 Å². The molecule has 43 heavy (non-hydrogen) atoms. The number of anilines is 1. The SMILES string of the molecule is N#Cc1cccc2cccc(-c3c(F)cc4c(N5CC6CCC(C5)N6)nc(OC[C@@]56CCCN5C[C@H](F)C6)nc4c3F)c12. The normalized spacial score (nSPS) is 26.7. The average molecular weight is 585 g/mol. The molecule has 4 aliphatic heterocycles. The second kappa shape index (κ2) is 10.1. The zero-order valence-corrected chi connectivity index (χ0v) is 23.6. The molecule has 4 atom stereocenters. The molecule has 0 saturated carbocycles. The molecule has 7 nitrogen and oxygen atoms in total. The molecule has 3 aromatic carbocycles. The lowest BCUT2D eigenvalue weighted by Gasteiger charge is -2.34. The van der Waals surface area contributed by atoms with Crippen molar-refractivity contribution in [3.63, 3.8) is 0 Å². The molecule has 220 valence electrons. The molecular weight excluding hydrogens is 553 g/mol. The lowest BCUT2D eigenvalue weighted by atomic mass is 9.93. The van der Waals surface area contributed by atoms with Gasteiger partial charge in [-0.15, -0.1) is 0 Å². The summed E-state index contributed by atoms with van der Waals surface area (Å²) in [5.74, 6) is -1.14. The van der Waals surface area contributed by atoms with Crippen LogP contribution in [-0.2, 0) is 0 Å². The minimum atomic E-state index is -0.907. The zero-order chi connectivity index (χ0) is 29.3. The number of halogens is 3. The van der Waals surface area contributed by atoms with Crippen LogP contribution in [-0.4, -0.2) is 71.4 Å². The Kier molecular flexibility index (Phi) is 6.24. The van der Waals surface area contributed by atoms with Crippen LogP contribution in [0, 0.1) is 23.0 Å². The van der Waals surface area contributed by atoms with Crippen molar-refractivity contribution in [2.24, 2.45) is 0 Å². The van der Waals surface area contributed by atoms with Gasteiger partial charge in [0.1, 0.15) is 29.9 Å². The number of benzene rings is 3. The summed E-state index contributed by atoms with van der Waals surface area (Å²) in [6, 6.07) is 14.4. The molecule has 5 heterocycles. The van der Waals surface area contributed by atoms with Crippen LogP contribution in [0.25, 0.3) is 32.8 Å². The highest BCUT2D eigenvalue weighted by molar-refractivity contribution is 6.03. The van der Waals surface area contributed by atoms with Gasteiger partial charge in [0.25, 0.3) is 0 Å². The number of piperazine rings is 1. The molecule has 8 rings (SSSR count). The van der Waals surface area contributed by atoms with Gasteiger partial charge in [0.15, 0.2) is 5.82 Å².